The highest BCUT2D eigenvalue weighted by atomic mass is 16.1. The Morgan fingerprint density at radius 3 is 2.90 bits per heavy atom. The first-order valence-corrected chi connectivity index (χ1v) is 7.09. The van der Waals surface area contributed by atoms with Crippen molar-refractivity contribution in [1.82, 2.24) is 9.88 Å². The van der Waals surface area contributed by atoms with Crippen molar-refractivity contribution >= 4 is 16.7 Å². The first kappa shape index (κ1) is 13.1. The third kappa shape index (κ3) is 2.41. The topological polar surface area (TPSA) is 36.1 Å². The molecule has 2 aromatic rings. The monoisotopic (exact) mass is 268 g/mol. The molecule has 0 unspecified atom stereocenters. The summed E-state index contributed by atoms with van der Waals surface area (Å²) >= 11 is 0. The Labute approximate surface area is 119 Å². The molecule has 104 valence electrons. The predicted octanol–water partition coefficient (Wildman–Crippen LogP) is 2.79. The van der Waals surface area contributed by atoms with Crippen LogP contribution in [0.2, 0.25) is 0 Å². The fourth-order valence-electron chi connectivity index (χ4n) is 2.93. The van der Waals surface area contributed by atoms with Crippen molar-refractivity contribution in [3.8, 4) is 0 Å². The van der Waals surface area contributed by atoms with Crippen LogP contribution >= 0.6 is 0 Å². The van der Waals surface area contributed by atoms with E-state index in [9.17, 15) is 4.79 Å². The largest absolute Gasteiger partial charge is 0.361 e. The first-order chi connectivity index (χ1) is 9.65. The van der Waals surface area contributed by atoms with Gasteiger partial charge in [0.25, 0.3) is 0 Å². The molecule has 2 atom stereocenters. The minimum Gasteiger partial charge on any atom is -0.361 e. The minimum atomic E-state index is 0.0548. The number of aromatic nitrogens is 1. The van der Waals surface area contributed by atoms with E-state index in [-0.39, 0.29) is 11.7 Å². The van der Waals surface area contributed by atoms with Gasteiger partial charge >= 0.3 is 0 Å². The summed E-state index contributed by atoms with van der Waals surface area (Å²) in [6.07, 6.45) is 7.32. The summed E-state index contributed by atoms with van der Waals surface area (Å²) in [5.41, 5.74) is 2.52. The van der Waals surface area contributed by atoms with Gasteiger partial charge in [-0.1, -0.05) is 30.4 Å². The van der Waals surface area contributed by atoms with Crippen molar-refractivity contribution in [3.63, 3.8) is 0 Å². The fourth-order valence-corrected chi connectivity index (χ4v) is 2.93. The molecular formula is C17H20N2O. The number of rotatable bonds is 3. The van der Waals surface area contributed by atoms with Gasteiger partial charge in [0.05, 0.1) is 0 Å². The van der Waals surface area contributed by atoms with Gasteiger partial charge in [-0.3, -0.25) is 9.69 Å². The summed E-state index contributed by atoms with van der Waals surface area (Å²) in [4.78, 5) is 17.1. The van der Waals surface area contributed by atoms with E-state index in [0.717, 1.165) is 13.0 Å². The number of carbonyl (C=O) groups is 1. The second-order valence-corrected chi connectivity index (χ2v) is 5.67. The van der Waals surface area contributed by atoms with Gasteiger partial charge in [0, 0.05) is 35.6 Å². The molecule has 3 heteroatoms. The third-order valence-corrected chi connectivity index (χ3v) is 4.24. The van der Waals surface area contributed by atoms with Crippen LogP contribution in [0.4, 0.5) is 0 Å². The maximum atomic E-state index is 11.5. The van der Waals surface area contributed by atoms with Gasteiger partial charge in [-0.2, -0.15) is 0 Å². The van der Waals surface area contributed by atoms with E-state index < -0.39 is 0 Å². The molecule has 20 heavy (non-hydrogen) atoms. The number of para-hydroxylation sites is 1. The molecule has 0 fully saturated rings. The summed E-state index contributed by atoms with van der Waals surface area (Å²) in [5, 5.41) is 1.29. The molecule has 0 saturated heterocycles. The van der Waals surface area contributed by atoms with Crippen LogP contribution in [0.15, 0.2) is 42.6 Å². The van der Waals surface area contributed by atoms with Crippen molar-refractivity contribution in [2.75, 3.05) is 13.6 Å². The van der Waals surface area contributed by atoms with E-state index >= 15 is 0 Å². The zero-order valence-electron chi connectivity index (χ0n) is 12.0. The van der Waals surface area contributed by atoms with Crippen LogP contribution in [0.3, 0.4) is 0 Å². The lowest BCUT2D eigenvalue weighted by Crippen LogP contribution is -2.40. The van der Waals surface area contributed by atoms with Gasteiger partial charge in [-0.15, -0.1) is 0 Å². The van der Waals surface area contributed by atoms with Gasteiger partial charge in [0.1, 0.15) is 5.78 Å². The molecule has 3 nitrogen and oxygen atoms in total. The number of carbonyl (C=O) groups excluding carboxylic acids is 1. The van der Waals surface area contributed by atoms with Gasteiger partial charge < -0.3 is 4.98 Å². The minimum absolute atomic E-state index is 0.0548. The Hall–Kier alpha value is -1.87. The van der Waals surface area contributed by atoms with Crippen LogP contribution in [-0.2, 0) is 11.2 Å². The van der Waals surface area contributed by atoms with E-state index in [1.54, 1.807) is 6.92 Å². The summed E-state index contributed by atoms with van der Waals surface area (Å²) in [6, 6.07) is 8.75. The van der Waals surface area contributed by atoms with Crippen molar-refractivity contribution in [2.45, 2.75) is 19.4 Å². The van der Waals surface area contributed by atoms with Gasteiger partial charge in [-0.05, 0) is 32.0 Å². The molecule has 0 amide bonds. The lowest BCUT2D eigenvalue weighted by molar-refractivity contribution is -0.120. The Morgan fingerprint density at radius 2 is 2.15 bits per heavy atom. The molecule has 2 heterocycles. The standard InChI is InChI=1S/C17H20N2O/c1-12(20)13-7-8-15(19(2)11-13)9-14-10-18-17-6-4-3-5-16(14)17/h3-8,10,13,15,18H,9,11H2,1-2H3/t13-,15+/m1/s1. The summed E-state index contributed by atoms with van der Waals surface area (Å²) in [7, 11) is 2.10. The number of ketones is 1. The van der Waals surface area contributed by atoms with Gasteiger partial charge in [0.2, 0.25) is 0 Å². The first-order valence-electron chi connectivity index (χ1n) is 7.09. The van der Waals surface area contributed by atoms with Gasteiger partial charge in [-0.25, -0.2) is 0 Å². The lowest BCUT2D eigenvalue weighted by atomic mass is 9.94. The van der Waals surface area contributed by atoms with Crippen molar-refractivity contribution in [3.05, 3.63) is 48.2 Å². The molecule has 1 aliphatic heterocycles. The van der Waals surface area contributed by atoms with Crippen LogP contribution in [0.5, 0.6) is 0 Å². The molecule has 0 aliphatic carbocycles. The number of benzene rings is 1. The molecule has 1 aliphatic rings. The SMILES string of the molecule is CC(=O)[C@@H]1C=C[C@@H](Cc2c[nH]c3ccccc23)N(C)C1. The second-order valence-electron chi connectivity index (χ2n) is 5.67. The quantitative estimate of drug-likeness (QED) is 0.869. The van der Waals surface area contributed by atoms with E-state index in [2.05, 4.69) is 53.5 Å². The Morgan fingerprint density at radius 1 is 1.35 bits per heavy atom. The normalized spacial score (nSPS) is 23.3. The zero-order chi connectivity index (χ0) is 14.1. The van der Waals surface area contributed by atoms with Gasteiger partial charge in [0.15, 0.2) is 0 Å². The number of Topliss-reactive ketones (excluding diaryl/α,β-unsaturated/α-hetero) is 1. The number of H-pyrrole nitrogens is 1. The molecule has 3 rings (SSSR count). The highest BCUT2D eigenvalue weighted by molar-refractivity contribution is 5.83. The predicted molar refractivity (Wildman–Crippen MR) is 81.7 cm³/mol. The Kier molecular flexibility index (Phi) is 3.45. The molecule has 0 saturated carbocycles. The van der Waals surface area contributed by atoms with E-state index in [1.807, 2.05) is 6.07 Å². The average Bonchev–Trinajstić information content (AvgIpc) is 2.84. The molecule has 0 bridgehead atoms. The average molecular weight is 268 g/mol. The summed E-state index contributed by atoms with van der Waals surface area (Å²) in [6.45, 7) is 2.49. The number of hydrogen-bond donors (Lipinski definition) is 1. The second kappa shape index (κ2) is 5.25. The maximum Gasteiger partial charge on any atom is 0.137 e. The Balaban J connectivity index is 1.81. The third-order valence-electron chi connectivity index (χ3n) is 4.24. The number of aromatic amines is 1. The molecule has 1 N–H and O–H groups in total. The Bertz CT molecular complexity index is 656. The highest BCUT2D eigenvalue weighted by Gasteiger charge is 2.23. The molecule has 0 radical (unpaired) electrons. The van der Waals surface area contributed by atoms with Crippen LogP contribution in [0.1, 0.15) is 12.5 Å². The van der Waals surface area contributed by atoms with Crippen LogP contribution in [0, 0.1) is 5.92 Å². The molecule has 1 aromatic heterocycles. The van der Waals surface area contributed by atoms with E-state index in [0.29, 0.717) is 6.04 Å². The fraction of sp³-hybridized carbons (Fsp3) is 0.353. The summed E-state index contributed by atoms with van der Waals surface area (Å²) < 4.78 is 0. The van der Waals surface area contributed by atoms with Crippen LogP contribution in [0.25, 0.3) is 10.9 Å². The zero-order valence-corrected chi connectivity index (χ0v) is 12.0. The molecular weight excluding hydrogens is 248 g/mol. The summed E-state index contributed by atoms with van der Waals surface area (Å²) in [5.74, 6) is 0.304. The number of hydrogen-bond acceptors (Lipinski definition) is 2. The number of nitrogens with one attached hydrogen (secondary N) is 1. The smallest absolute Gasteiger partial charge is 0.137 e. The lowest BCUT2D eigenvalue weighted by Gasteiger charge is -2.31. The van der Waals surface area contributed by atoms with Crippen LogP contribution in [-0.4, -0.2) is 35.3 Å². The van der Waals surface area contributed by atoms with Crippen molar-refractivity contribution in [2.24, 2.45) is 5.92 Å². The number of fused-ring (bicyclic) bond motifs is 1. The van der Waals surface area contributed by atoms with E-state index in [1.165, 1.54) is 16.5 Å². The number of likely N-dealkylation sites (N-methyl/N-ethyl adjacent to an activating group) is 1. The van der Waals surface area contributed by atoms with Crippen molar-refractivity contribution < 1.29 is 4.79 Å². The maximum absolute atomic E-state index is 11.5. The van der Waals surface area contributed by atoms with E-state index in [4.69, 9.17) is 0 Å². The molecule has 0 spiro atoms. The van der Waals surface area contributed by atoms with Crippen molar-refractivity contribution in [1.29, 1.82) is 0 Å². The highest BCUT2D eigenvalue weighted by Crippen LogP contribution is 2.23. The molecule has 1 aromatic carbocycles. The van der Waals surface area contributed by atoms with Crippen LogP contribution < -0.4 is 0 Å². The number of nitrogens with zero attached hydrogens (tertiary/aromatic N) is 1.